The highest BCUT2D eigenvalue weighted by atomic mass is 16.6. The summed E-state index contributed by atoms with van der Waals surface area (Å²) in [4.78, 5) is 24.8. The molecule has 1 aliphatic heterocycles. The van der Waals surface area contributed by atoms with Gasteiger partial charge in [-0.1, -0.05) is 0 Å². The van der Waals surface area contributed by atoms with Crippen LogP contribution in [-0.2, 0) is 4.74 Å². The average Bonchev–Trinajstić information content (AvgIpc) is 2.71. The SMILES string of the molecule is NCCC[C@]1(CO)O[C@@H](n2ccc(=O)[nH]c2=O)[C@H](O)[C@@H]1O. The highest BCUT2D eigenvalue weighted by molar-refractivity contribution is 5.02. The van der Waals surface area contributed by atoms with E-state index in [1.54, 1.807) is 0 Å². The number of H-pyrrole nitrogens is 1. The number of rotatable bonds is 5. The smallest absolute Gasteiger partial charge is 0.330 e. The molecule has 1 aromatic rings. The zero-order chi connectivity index (χ0) is 15.6. The molecule has 1 saturated heterocycles. The Labute approximate surface area is 119 Å². The summed E-state index contributed by atoms with van der Waals surface area (Å²) in [7, 11) is 0. The molecule has 1 aromatic heterocycles. The lowest BCUT2D eigenvalue weighted by Crippen LogP contribution is -2.46. The molecule has 2 heterocycles. The van der Waals surface area contributed by atoms with Gasteiger partial charge >= 0.3 is 5.69 Å². The third-order valence-corrected chi connectivity index (χ3v) is 3.71. The van der Waals surface area contributed by atoms with Crippen LogP contribution in [0.4, 0.5) is 0 Å². The van der Waals surface area contributed by atoms with Gasteiger partial charge in [0.2, 0.25) is 0 Å². The van der Waals surface area contributed by atoms with Crippen molar-refractivity contribution in [3.8, 4) is 0 Å². The third-order valence-electron chi connectivity index (χ3n) is 3.71. The first-order valence-corrected chi connectivity index (χ1v) is 6.61. The van der Waals surface area contributed by atoms with Crippen molar-refractivity contribution in [3.63, 3.8) is 0 Å². The second-order valence-electron chi connectivity index (χ2n) is 5.08. The molecule has 2 rings (SSSR count). The summed E-state index contributed by atoms with van der Waals surface area (Å²) in [5.74, 6) is 0. The third kappa shape index (κ3) is 2.78. The van der Waals surface area contributed by atoms with Crippen LogP contribution in [0.3, 0.4) is 0 Å². The van der Waals surface area contributed by atoms with Crippen LogP contribution in [0.1, 0.15) is 19.1 Å². The van der Waals surface area contributed by atoms with Crippen LogP contribution in [0.5, 0.6) is 0 Å². The minimum absolute atomic E-state index is 0.229. The fraction of sp³-hybridized carbons (Fsp3) is 0.667. The van der Waals surface area contributed by atoms with Crippen LogP contribution in [0.2, 0.25) is 0 Å². The number of nitrogens with zero attached hydrogens (tertiary/aromatic N) is 1. The Morgan fingerprint density at radius 2 is 2.14 bits per heavy atom. The molecule has 1 aliphatic rings. The molecule has 0 radical (unpaired) electrons. The highest BCUT2D eigenvalue weighted by Crippen LogP contribution is 2.39. The van der Waals surface area contributed by atoms with E-state index >= 15 is 0 Å². The molecule has 21 heavy (non-hydrogen) atoms. The number of aromatic amines is 1. The zero-order valence-corrected chi connectivity index (χ0v) is 11.3. The second-order valence-corrected chi connectivity index (χ2v) is 5.08. The fourth-order valence-electron chi connectivity index (χ4n) is 2.51. The predicted octanol–water partition coefficient (Wildman–Crippen LogP) is -2.74. The minimum atomic E-state index is -1.42. The van der Waals surface area contributed by atoms with Crippen LogP contribution in [0.15, 0.2) is 21.9 Å². The van der Waals surface area contributed by atoms with Gasteiger partial charge in [0.15, 0.2) is 6.23 Å². The number of nitrogens with one attached hydrogen (secondary N) is 1. The fourth-order valence-corrected chi connectivity index (χ4v) is 2.51. The summed E-state index contributed by atoms with van der Waals surface area (Å²) in [6.07, 6.45) is -2.13. The number of hydrogen-bond acceptors (Lipinski definition) is 7. The van der Waals surface area contributed by atoms with Crippen molar-refractivity contribution in [2.45, 2.75) is 36.9 Å². The van der Waals surface area contributed by atoms with E-state index in [4.69, 9.17) is 10.5 Å². The summed E-state index contributed by atoms with van der Waals surface area (Å²) >= 11 is 0. The maximum atomic E-state index is 11.7. The van der Waals surface area contributed by atoms with E-state index in [0.717, 1.165) is 16.8 Å². The van der Waals surface area contributed by atoms with Crippen molar-refractivity contribution in [3.05, 3.63) is 33.1 Å². The summed E-state index contributed by atoms with van der Waals surface area (Å²) in [6.45, 7) is -0.197. The quantitative estimate of drug-likeness (QED) is 0.395. The normalized spacial score (nSPS) is 32.5. The Hall–Kier alpha value is -1.52. The van der Waals surface area contributed by atoms with Crippen LogP contribution < -0.4 is 17.0 Å². The van der Waals surface area contributed by atoms with Crippen molar-refractivity contribution in [1.29, 1.82) is 0 Å². The van der Waals surface area contributed by atoms with Gasteiger partial charge in [-0.3, -0.25) is 14.3 Å². The largest absolute Gasteiger partial charge is 0.393 e. The van der Waals surface area contributed by atoms with E-state index in [1.165, 1.54) is 0 Å². The molecule has 4 atom stereocenters. The Bertz CT molecular complexity index is 599. The van der Waals surface area contributed by atoms with Crippen LogP contribution in [0.25, 0.3) is 0 Å². The van der Waals surface area contributed by atoms with Crippen molar-refractivity contribution >= 4 is 0 Å². The summed E-state index contributed by atoms with van der Waals surface area (Å²) < 4.78 is 6.53. The van der Waals surface area contributed by atoms with Gasteiger partial charge in [-0.05, 0) is 19.4 Å². The lowest BCUT2D eigenvalue weighted by Gasteiger charge is -2.29. The average molecular weight is 301 g/mol. The van der Waals surface area contributed by atoms with Gasteiger partial charge < -0.3 is 25.8 Å². The Morgan fingerprint density at radius 3 is 2.71 bits per heavy atom. The Kier molecular flexibility index (Phi) is 4.59. The molecule has 1 fully saturated rings. The number of hydrogen-bond donors (Lipinski definition) is 5. The zero-order valence-electron chi connectivity index (χ0n) is 11.3. The molecule has 0 aliphatic carbocycles. The summed E-state index contributed by atoms with van der Waals surface area (Å²) in [5.41, 5.74) is 2.67. The van der Waals surface area contributed by atoms with Crippen molar-refractivity contribution in [2.24, 2.45) is 5.73 Å². The molecule has 0 saturated carbocycles. The van der Waals surface area contributed by atoms with E-state index < -0.39 is 41.9 Å². The lowest BCUT2D eigenvalue weighted by molar-refractivity contribution is -0.133. The molecule has 0 amide bonds. The molecular formula is C12H19N3O6. The van der Waals surface area contributed by atoms with Gasteiger partial charge in [-0.15, -0.1) is 0 Å². The van der Waals surface area contributed by atoms with Crippen LogP contribution in [-0.4, -0.2) is 55.8 Å². The maximum absolute atomic E-state index is 11.7. The summed E-state index contributed by atoms with van der Waals surface area (Å²) in [6, 6.07) is 1.10. The number of aliphatic hydroxyl groups excluding tert-OH is 3. The Morgan fingerprint density at radius 1 is 1.43 bits per heavy atom. The molecule has 0 bridgehead atoms. The molecule has 0 unspecified atom stereocenters. The second kappa shape index (κ2) is 6.08. The summed E-state index contributed by atoms with van der Waals surface area (Å²) in [5, 5.41) is 29.8. The van der Waals surface area contributed by atoms with Gasteiger partial charge in [0.1, 0.15) is 17.8 Å². The number of ether oxygens (including phenoxy) is 1. The van der Waals surface area contributed by atoms with Gasteiger partial charge in [0.05, 0.1) is 6.61 Å². The van der Waals surface area contributed by atoms with Crippen molar-refractivity contribution in [2.75, 3.05) is 13.2 Å². The molecular weight excluding hydrogens is 282 g/mol. The first kappa shape index (κ1) is 15.9. The van der Waals surface area contributed by atoms with Crippen LogP contribution in [0, 0.1) is 0 Å². The van der Waals surface area contributed by atoms with Gasteiger partial charge in [0.25, 0.3) is 5.56 Å². The molecule has 0 spiro atoms. The molecule has 9 nitrogen and oxygen atoms in total. The van der Waals surface area contributed by atoms with Gasteiger partial charge in [0, 0.05) is 12.3 Å². The molecule has 0 aromatic carbocycles. The van der Waals surface area contributed by atoms with E-state index in [1.807, 2.05) is 4.98 Å². The molecule has 6 N–H and O–H groups in total. The topological polar surface area (TPSA) is 151 Å². The van der Waals surface area contributed by atoms with Gasteiger partial charge in [-0.2, -0.15) is 0 Å². The van der Waals surface area contributed by atoms with E-state index in [0.29, 0.717) is 13.0 Å². The standard InChI is InChI=1S/C12H19N3O6/c13-4-1-3-12(6-16)9(19)8(18)10(21-12)15-5-2-7(17)14-11(15)20/h2,5,8-10,16,18-19H,1,3-4,6,13H2,(H,14,17,20)/t8-,9+,10-,12-/m1/s1. The molecule has 118 valence electrons. The number of aromatic nitrogens is 2. The Balaban J connectivity index is 2.34. The van der Waals surface area contributed by atoms with Crippen molar-refractivity contribution in [1.82, 2.24) is 9.55 Å². The van der Waals surface area contributed by atoms with E-state index in [9.17, 15) is 24.9 Å². The first-order valence-electron chi connectivity index (χ1n) is 6.61. The number of nitrogens with two attached hydrogens (primary N) is 1. The van der Waals surface area contributed by atoms with Crippen LogP contribution >= 0.6 is 0 Å². The number of aliphatic hydroxyl groups is 3. The van der Waals surface area contributed by atoms with Crippen molar-refractivity contribution < 1.29 is 20.1 Å². The van der Waals surface area contributed by atoms with E-state index in [-0.39, 0.29) is 6.42 Å². The maximum Gasteiger partial charge on any atom is 0.330 e. The highest BCUT2D eigenvalue weighted by Gasteiger charge is 2.54. The lowest BCUT2D eigenvalue weighted by atomic mass is 9.91. The predicted molar refractivity (Wildman–Crippen MR) is 71.6 cm³/mol. The van der Waals surface area contributed by atoms with E-state index in [2.05, 4.69) is 0 Å². The van der Waals surface area contributed by atoms with Gasteiger partial charge in [-0.25, -0.2) is 4.79 Å². The first-order chi connectivity index (χ1) is 9.95. The minimum Gasteiger partial charge on any atom is -0.393 e. The monoisotopic (exact) mass is 301 g/mol. The molecule has 9 heteroatoms.